The van der Waals surface area contributed by atoms with Gasteiger partial charge < -0.3 is 13.7 Å². The monoisotopic (exact) mass is 1660 g/mol. The molecule has 0 fully saturated rings. The van der Waals surface area contributed by atoms with Gasteiger partial charge in [0.25, 0.3) is 0 Å². The Hall–Kier alpha value is -7.77. The highest BCUT2D eigenvalue weighted by Gasteiger charge is 2.34. The van der Waals surface area contributed by atoms with E-state index in [1.54, 1.807) is 0 Å². The summed E-state index contributed by atoms with van der Waals surface area (Å²) in [5.74, 6) is -38.5. The van der Waals surface area contributed by atoms with Crippen molar-refractivity contribution in [1.82, 2.24) is 0 Å². The van der Waals surface area contributed by atoms with Crippen molar-refractivity contribution >= 4 is 75.7 Å². The van der Waals surface area contributed by atoms with E-state index in [1.165, 1.54) is 78.3 Å². The third-order valence-corrected chi connectivity index (χ3v) is 25.5. The normalized spacial score (nSPS) is 11.6. The van der Waals surface area contributed by atoms with E-state index >= 15 is 0 Å². The van der Waals surface area contributed by atoms with Gasteiger partial charge in [-0.25, -0.2) is 91.1 Å². The van der Waals surface area contributed by atoms with E-state index < -0.39 is 132 Å². The minimum Gasteiger partial charge on any atom is -0.744 e. The van der Waals surface area contributed by atoms with E-state index in [0.29, 0.717) is 0 Å². The number of hydrogen-bond acceptors (Lipinski definition) is 11. The molecular formula is C70H44F15IO9S7. The second kappa shape index (κ2) is 33.8. The molecule has 0 amide bonds. The summed E-state index contributed by atoms with van der Waals surface area (Å²) in [4.78, 5) is 6.03. The molecule has 0 aliphatic rings. The second-order valence-corrected chi connectivity index (χ2v) is 34.4. The molecule has 0 saturated heterocycles. The van der Waals surface area contributed by atoms with E-state index in [9.17, 15) is 105 Å². The first-order valence-electron chi connectivity index (χ1n) is 28.4. The Kier molecular flexibility index (Phi) is 26.5. The molecule has 0 saturated carbocycles. The number of benzene rings is 11. The molecule has 11 rings (SSSR count). The molecule has 0 aliphatic carbocycles. The minimum atomic E-state index is -5.77. The molecule has 0 spiro atoms. The summed E-state index contributed by atoms with van der Waals surface area (Å²) < 4.78 is 282. The lowest BCUT2D eigenvalue weighted by molar-refractivity contribution is -0.597. The van der Waals surface area contributed by atoms with Crippen LogP contribution in [-0.2, 0) is 52.1 Å². The zero-order chi connectivity index (χ0) is 75.0. The quantitative estimate of drug-likeness (QED) is 0.0239. The smallest absolute Gasteiger partial charge is 0.357 e. The minimum absolute atomic E-state index is 0.144. The average Bonchev–Trinajstić information content (AvgIpc) is 0.786. The first kappa shape index (κ1) is 79.9. The van der Waals surface area contributed by atoms with E-state index in [2.05, 4.69) is 222 Å². The lowest BCUT2D eigenvalue weighted by Gasteiger charge is -2.10. The molecule has 0 aliphatic heterocycles. The molecule has 0 heterocycles. The fourth-order valence-electron chi connectivity index (χ4n) is 8.74. The SMILES string of the molecule is Cc1ccc([S+](c2ccc(C)cc2)c2ccc(Sc3ccc([I+]c4ccc(Sc5ccc([S+](c6ccc(C)cc6)c6ccc(C)cc6)cc5)cc4)cc3)cc2)cc1.O=S(=O)([O-])c1c(F)c(F)c(F)c(F)c1F.O=S(=O)([O-])c1c(F)c(F)c(F)c(F)c1F.O=S(=O)([O-])c1c(F)c(F)c(F)c(F)c1F. The van der Waals surface area contributed by atoms with Crippen molar-refractivity contribution in [2.24, 2.45) is 0 Å². The molecule has 11 aromatic rings. The standard InChI is InChI=1S/C52H44IS4.3C6HF5O3S/c1-37-5-25-47(26-6-37)56(48-27-7-38(2)8-28-48)51-33-21-45(22-34-51)54-43-17-13-41(14-18-43)53-42-15-19-44(20-16-42)55-46-23-35-52(36-24-46)57(49-29-9-39(3)10-30-49)50-31-11-40(4)12-32-50;3*7-1-2(8)4(10)6(15(12,13)14)5(11)3(1)9/h5-36H,1-4H3;3*(H,12,13,14)/q+3;;;/p-3. The molecule has 0 N–H and O–H groups in total. The van der Waals surface area contributed by atoms with Crippen molar-refractivity contribution in [3.8, 4) is 0 Å². The Balaban J connectivity index is 0.000000235. The summed E-state index contributed by atoms with van der Waals surface area (Å²) in [5, 5.41) is 0. The molecule has 102 heavy (non-hydrogen) atoms. The summed E-state index contributed by atoms with van der Waals surface area (Å²) in [6.07, 6.45) is 0. The predicted octanol–water partition coefficient (Wildman–Crippen LogP) is 15.4. The summed E-state index contributed by atoms with van der Waals surface area (Å²) in [7, 11) is -17.6. The molecule has 0 atom stereocenters. The van der Waals surface area contributed by atoms with Crippen LogP contribution in [0, 0.1) is 122 Å². The second-order valence-electron chi connectivity index (χ2n) is 21.1. The van der Waals surface area contributed by atoms with Crippen molar-refractivity contribution in [3.63, 3.8) is 0 Å². The van der Waals surface area contributed by atoms with E-state index in [4.69, 9.17) is 0 Å². The average molecular weight is 1670 g/mol. The van der Waals surface area contributed by atoms with Gasteiger partial charge >= 0.3 is 21.2 Å². The third-order valence-electron chi connectivity index (χ3n) is 13.7. The van der Waals surface area contributed by atoms with Gasteiger partial charge in [0.15, 0.2) is 106 Å². The molecule has 0 aromatic heterocycles. The van der Waals surface area contributed by atoms with Crippen molar-refractivity contribution in [2.45, 2.75) is 91.3 Å². The number of hydrogen-bond donors (Lipinski definition) is 0. The molecular weight excluding hydrogens is 1620 g/mol. The largest absolute Gasteiger partial charge is 0.744 e. The molecule has 11 aromatic carbocycles. The van der Waals surface area contributed by atoms with Crippen LogP contribution in [0.25, 0.3) is 0 Å². The maximum Gasteiger partial charge on any atom is 0.357 e. The van der Waals surface area contributed by atoms with E-state index in [0.717, 1.165) is 0 Å². The lowest BCUT2D eigenvalue weighted by atomic mass is 10.2. The fourth-order valence-corrected chi connectivity index (χ4v) is 18.5. The third kappa shape index (κ3) is 19.5. The highest BCUT2D eigenvalue weighted by atomic mass is 127. The van der Waals surface area contributed by atoms with Gasteiger partial charge in [-0.05, 0) is 173 Å². The highest BCUT2D eigenvalue weighted by Crippen LogP contribution is 2.38. The number of aryl methyl sites for hydroxylation is 4. The Morgan fingerprint density at radius 2 is 0.392 bits per heavy atom. The van der Waals surface area contributed by atoms with E-state index in [-0.39, 0.29) is 43.0 Å². The van der Waals surface area contributed by atoms with Crippen molar-refractivity contribution in [2.75, 3.05) is 0 Å². The fraction of sp³-hybridized carbons (Fsp3) is 0.0571. The van der Waals surface area contributed by atoms with E-state index in [1.807, 2.05) is 23.5 Å². The van der Waals surface area contributed by atoms with Gasteiger partial charge in [-0.3, -0.25) is 0 Å². The number of halogens is 16. The summed E-state index contributed by atoms with van der Waals surface area (Å²) in [6, 6.07) is 72.9. The van der Waals surface area contributed by atoms with Crippen LogP contribution in [0.3, 0.4) is 0 Å². The van der Waals surface area contributed by atoms with Gasteiger partial charge in [0, 0.05) is 19.6 Å². The maximum atomic E-state index is 12.6. The molecule has 9 nitrogen and oxygen atoms in total. The van der Waals surface area contributed by atoms with Crippen LogP contribution in [0.15, 0.2) is 258 Å². The Morgan fingerprint density at radius 3 is 0.559 bits per heavy atom. The maximum absolute atomic E-state index is 12.6. The molecule has 0 unspecified atom stereocenters. The Morgan fingerprint density at radius 1 is 0.245 bits per heavy atom. The zero-order valence-corrected chi connectivity index (χ0v) is 59.9. The van der Waals surface area contributed by atoms with Gasteiger partial charge in [0.05, 0.1) is 21.8 Å². The summed E-state index contributed by atoms with van der Waals surface area (Å²) in [5.41, 5.74) is 5.16. The molecule has 532 valence electrons. The highest BCUT2D eigenvalue weighted by molar-refractivity contribution is 7.99. The Labute approximate surface area is 599 Å². The van der Waals surface area contributed by atoms with Crippen molar-refractivity contribution in [1.29, 1.82) is 0 Å². The van der Waals surface area contributed by atoms with Crippen LogP contribution >= 0.6 is 23.5 Å². The van der Waals surface area contributed by atoms with Gasteiger partial charge in [-0.2, -0.15) is 0 Å². The van der Waals surface area contributed by atoms with Gasteiger partial charge in [0.1, 0.15) is 45.0 Å². The lowest BCUT2D eigenvalue weighted by Crippen LogP contribution is -3.61. The summed E-state index contributed by atoms with van der Waals surface area (Å²) in [6.45, 7) is 8.62. The van der Waals surface area contributed by atoms with Crippen LogP contribution in [0.5, 0.6) is 0 Å². The first-order valence-corrected chi connectivity index (χ1v) is 38.9. The molecule has 32 heteroatoms. The van der Waals surface area contributed by atoms with Gasteiger partial charge in [-0.15, -0.1) is 0 Å². The van der Waals surface area contributed by atoms with Gasteiger partial charge in [-0.1, -0.05) is 94.3 Å². The van der Waals surface area contributed by atoms with Crippen LogP contribution in [0.4, 0.5) is 65.9 Å². The first-order chi connectivity index (χ1) is 47.8. The topological polar surface area (TPSA) is 172 Å². The zero-order valence-electron chi connectivity index (χ0n) is 52.1. The molecule has 0 bridgehead atoms. The van der Waals surface area contributed by atoms with Crippen LogP contribution in [-0.4, -0.2) is 38.9 Å². The number of rotatable bonds is 15. The van der Waals surface area contributed by atoms with Crippen LogP contribution in [0.2, 0.25) is 0 Å². The summed E-state index contributed by atoms with van der Waals surface area (Å²) >= 11 is 3.41. The van der Waals surface area contributed by atoms with Gasteiger partial charge in [0.2, 0.25) is 17.5 Å². The predicted molar refractivity (Wildman–Crippen MR) is 343 cm³/mol. The Bertz CT molecular complexity index is 4640. The van der Waals surface area contributed by atoms with Crippen LogP contribution < -0.4 is 21.2 Å². The van der Waals surface area contributed by atoms with Crippen molar-refractivity contribution in [3.05, 3.63) is 311 Å². The van der Waals surface area contributed by atoms with Crippen molar-refractivity contribution < 1.29 is 126 Å². The molecule has 0 radical (unpaired) electrons. The van der Waals surface area contributed by atoms with Crippen LogP contribution in [0.1, 0.15) is 22.3 Å².